The zero-order valence-electron chi connectivity index (χ0n) is 13.2. The van der Waals surface area contributed by atoms with Crippen molar-refractivity contribution in [1.29, 1.82) is 0 Å². The molecule has 1 N–H and O–H groups in total. The van der Waals surface area contributed by atoms with E-state index in [2.05, 4.69) is 54.4 Å². The van der Waals surface area contributed by atoms with Gasteiger partial charge in [0.2, 0.25) is 0 Å². The predicted molar refractivity (Wildman–Crippen MR) is 81.3 cm³/mol. The van der Waals surface area contributed by atoms with Gasteiger partial charge in [-0.05, 0) is 32.5 Å². The minimum Gasteiger partial charge on any atom is -0.329 e. The molecule has 0 aliphatic heterocycles. The Bertz CT molecular complexity index is 342. The van der Waals surface area contributed by atoms with Crippen LogP contribution in [0, 0.1) is 5.92 Å². The average Bonchev–Trinajstić information content (AvgIpc) is 2.83. The Hall–Kier alpha value is -0.870. The quantitative estimate of drug-likeness (QED) is 0.745. The summed E-state index contributed by atoms with van der Waals surface area (Å²) < 4.78 is 2.30. The third kappa shape index (κ3) is 5.33. The van der Waals surface area contributed by atoms with Gasteiger partial charge in [0.25, 0.3) is 0 Å². The average molecular weight is 266 g/mol. The lowest BCUT2D eigenvalue weighted by atomic mass is 10.2. The van der Waals surface area contributed by atoms with Crippen LogP contribution in [0.3, 0.4) is 0 Å². The molecule has 0 amide bonds. The zero-order chi connectivity index (χ0) is 14.3. The van der Waals surface area contributed by atoms with Crippen molar-refractivity contribution in [1.82, 2.24) is 19.8 Å². The summed E-state index contributed by atoms with van der Waals surface area (Å²) >= 11 is 0. The highest BCUT2D eigenvalue weighted by molar-refractivity contribution is 5.00. The van der Waals surface area contributed by atoms with Crippen molar-refractivity contribution < 1.29 is 0 Å². The summed E-state index contributed by atoms with van der Waals surface area (Å²) in [6.07, 6.45) is 3.94. The molecule has 4 nitrogen and oxygen atoms in total. The summed E-state index contributed by atoms with van der Waals surface area (Å²) in [5.41, 5.74) is 1.28. The van der Waals surface area contributed by atoms with Gasteiger partial charge < -0.3 is 14.8 Å². The maximum atomic E-state index is 4.30. The van der Waals surface area contributed by atoms with E-state index in [1.807, 2.05) is 12.5 Å². The van der Waals surface area contributed by atoms with Crippen LogP contribution in [0.4, 0.5) is 0 Å². The molecule has 19 heavy (non-hydrogen) atoms. The van der Waals surface area contributed by atoms with Crippen LogP contribution in [0.1, 0.15) is 46.4 Å². The summed E-state index contributed by atoms with van der Waals surface area (Å²) in [5.74, 6) is 0.685. The SMILES string of the molecule is CCN(CC)CC(C)n1cncc1CNCC(C)C. The summed E-state index contributed by atoms with van der Waals surface area (Å²) in [6.45, 7) is 16.4. The first-order chi connectivity index (χ1) is 9.08. The number of nitrogens with zero attached hydrogens (tertiary/aromatic N) is 3. The van der Waals surface area contributed by atoms with E-state index in [0.717, 1.165) is 32.7 Å². The minimum absolute atomic E-state index is 0.471. The monoisotopic (exact) mass is 266 g/mol. The lowest BCUT2D eigenvalue weighted by Crippen LogP contribution is -2.30. The van der Waals surface area contributed by atoms with Crippen molar-refractivity contribution in [2.75, 3.05) is 26.2 Å². The molecular weight excluding hydrogens is 236 g/mol. The summed E-state index contributed by atoms with van der Waals surface area (Å²) in [6, 6.07) is 0.471. The predicted octanol–water partition coefficient (Wildman–Crippen LogP) is 2.53. The van der Waals surface area contributed by atoms with E-state index in [1.165, 1.54) is 5.69 Å². The van der Waals surface area contributed by atoms with Crippen LogP contribution in [0.2, 0.25) is 0 Å². The van der Waals surface area contributed by atoms with Crippen molar-refractivity contribution in [3.63, 3.8) is 0 Å². The van der Waals surface area contributed by atoms with E-state index >= 15 is 0 Å². The number of likely N-dealkylation sites (N-methyl/N-ethyl adjacent to an activating group) is 1. The smallest absolute Gasteiger partial charge is 0.0951 e. The lowest BCUT2D eigenvalue weighted by Gasteiger charge is -2.25. The lowest BCUT2D eigenvalue weighted by molar-refractivity contribution is 0.258. The van der Waals surface area contributed by atoms with E-state index in [0.29, 0.717) is 12.0 Å². The Morgan fingerprint density at radius 1 is 1.26 bits per heavy atom. The van der Waals surface area contributed by atoms with Gasteiger partial charge in [0, 0.05) is 25.3 Å². The first-order valence-corrected chi connectivity index (χ1v) is 7.52. The number of nitrogens with one attached hydrogen (secondary N) is 1. The van der Waals surface area contributed by atoms with Crippen molar-refractivity contribution >= 4 is 0 Å². The molecule has 1 unspecified atom stereocenters. The van der Waals surface area contributed by atoms with Crippen molar-refractivity contribution in [2.45, 2.75) is 47.2 Å². The van der Waals surface area contributed by atoms with Crippen LogP contribution in [0.5, 0.6) is 0 Å². The molecule has 0 spiro atoms. The third-order valence-corrected chi connectivity index (χ3v) is 3.50. The van der Waals surface area contributed by atoms with E-state index < -0.39 is 0 Å². The van der Waals surface area contributed by atoms with Gasteiger partial charge in [-0.25, -0.2) is 4.98 Å². The number of hydrogen-bond acceptors (Lipinski definition) is 3. The Morgan fingerprint density at radius 2 is 1.95 bits per heavy atom. The minimum atomic E-state index is 0.471. The van der Waals surface area contributed by atoms with Crippen LogP contribution < -0.4 is 5.32 Å². The van der Waals surface area contributed by atoms with Gasteiger partial charge in [-0.2, -0.15) is 0 Å². The van der Waals surface area contributed by atoms with Gasteiger partial charge in [0.05, 0.1) is 12.0 Å². The molecule has 0 radical (unpaired) electrons. The Labute approximate surface area is 118 Å². The molecule has 1 aromatic heterocycles. The van der Waals surface area contributed by atoms with Crippen molar-refractivity contribution in [3.05, 3.63) is 18.2 Å². The molecule has 0 saturated carbocycles. The topological polar surface area (TPSA) is 33.1 Å². The second kappa shape index (κ2) is 8.33. The molecule has 1 aromatic rings. The van der Waals surface area contributed by atoms with Crippen LogP contribution in [-0.2, 0) is 6.54 Å². The molecule has 0 aliphatic carbocycles. The molecule has 1 rings (SSSR count). The van der Waals surface area contributed by atoms with Gasteiger partial charge in [-0.3, -0.25) is 0 Å². The molecule has 0 bridgehead atoms. The zero-order valence-corrected chi connectivity index (χ0v) is 13.2. The van der Waals surface area contributed by atoms with E-state index in [-0.39, 0.29) is 0 Å². The van der Waals surface area contributed by atoms with E-state index in [4.69, 9.17) is 0 Å². The Kier molecular flexibility index (Phi) is 7.10. The van der Waals surface area contributed by atoms with Crippen LogP contribution >= 0.6 is 0 Å². The highest BCUT2D eigenvalue weighted by atomic mass is 15.2. The summed E-state index contributed by atoms with van der Waals surface area (Å²) in [5, 5.41) is 3.49. The Morgan fingerprint density at radius 3 is 2.53 bits per heavy atom. The fraction of sp³-hybridized carbons (Fsp3) is 0.800. The number of aromatic nitrogens is 2. The molecular formula is C15H30N4. The third-order valence-electron chi connectivity index (χ3n) is 3.50. The second-order valence-electron chi connectivity index (χ2n) is 5.65. The van der Waals surface area contributed by atoms with Crippen molar-refractivity contribution in [3.8, 4) is 0 Å². The highest BCUT2D eigenvalue weighted by Gasteiger charge is 2.12. The second-order valence-corrected chi connectivity index (χ2v) is 5.65. The van der Waals surface area contributed by atoms with Gasteiger partial charge in [0.15, 0.2) is 0 Å². The standard InChI is InChI=1S/C15H30N4/c1-6-18(7-2)11-14(5)19-12-17-10-15(19)9-16-8-13(3)4/h10,12-14,16H,6-9,11H2,1-5H3. The molecule has 110 valence electrons. The van der Waals surface area contributed by atoms with Gasteiger partial charge in [0.1, 0.15) is 0 Å². The fourth-order valence-electron chi connectivity index (χ4n) is 2.30. The van der Waals surface area contributed by atoms with E-state index in [9.17, 15) is 0 Å². The van der Waals surface area contributed by atoms with Crippen LogP contribution in [0.25, 0.3) is 0 Å². The molecule has 4 heteroatoms. The highest BCUT2D eigenvalue weighted by Crippen LogP contribution is 2.11. The number of rotatable bonds is 9. The van der Waals surface area contributed by atoms with Gasteiger partial charge >= 0.3 is 0 Å². The normalized spacial score (nSPS) is 13.4. The first kappa shape index (κ1) is 16.2. The van der Waals surface area contributed by atoms with Gasteiger partial charge in [-0.1, -0.05) is 27.7 Å². The molecule has 0 aliphatic rings. The summed E-state index contributed by atoms with van der Waals surface area (Å²) in [7, 11) is 0. The fourth-order valence-corrected chi connectivity index (χ4v) is 2.30. The molecule has 0 fully saturated rings. The maximum Gasteiger partial charge on any atom is 0.0951 e. The molecule has 0 saturated heterocycles. The van der Waals surface area contributed by atoms with Crippen molar-refractivity contribution in [2.24, 2.45) is 5.92 Å². The number of hydrogen-bond donors (Lipinski definition) is 1. The molecule has 0 aromatic carbocycles. The van der Waals surface area contributed by atoms with Crippen LogP contribution in [0.15, 0.2) is 12.5 Å². The molecule has 1 atom stereocenters. The largest absolute Gasteiger partial charge is 0.329 e. The summed E-state index contributed by atoms with van der Waals surface area (Å²) in [4.78, 5) is 6.76. The molecule has 1 heterocycles. The Balaban J connectivity index is 2.55. The maximum absolute atomic E-state index is 4.30. The van der Waals surface area contributed by atoms with Gasteiger partial charge in [-0.15, -0.1) is 0 Å². The number of imidazole rings is 1. The van der Waals surface area contributed by atoms with Crippen LogP contribution in [-0.4, -0.2) is 40.6 Å². The van der Waals surface area contributed by atoms with E-state index in [1.54, 1.807) is 0 Å². The first-order valence-electron chi connectivity index (χ1n) is 7.52.